The van der Waals surface area contributed by atoms with E-state index in [1.165, 1.54) is 0 Å². The van der Waals surface area contributed by atoms with Gasteiger partial charge in [-0.15, -0.1) is 0 Å². The van der Waals surface area contributed by atoms with Crippen LogP contribution >= 0.6 is 21.8 Å². The summed E-state index contributed by atoms with van der Waals surface area (Å²) in [5.41, 5.74) is 0. The van der Waals surface area contributed by atoms with Gasteiger partial charge in [0.1, 0.15) is 0 Å². The first kappa shape index (κ1) is 10.1. The minimum absolute atomic E-state index is 1.24. The molecule has 0 aromatic carbocycles. The van der Waals surface area contributed by atoms with E-state index in [0.29, 0.717) is 0 Å². The Bertz CT molecular complexity index is 80.1. The van der Waals surface area contributed by atoms with E-state index in [4.69, 9.17) is 4.12 Å². The lowest BCUT2D eigenvalue weighted by Gasteiger charge is -2.26. The van der Waals surface area contributed by atoms with Crippen LogP contribution in [0.3, 0.4) is 0 Å². The summed E-state index contributed by atoms with van der Waals surface area (Å²) in [6, 6.07) is 0. The van der Waals surface area contributed by atoms with Crippen LogP contribution < -0.4 is 0 Å². The summed E-state index contributed by atoms with van der Waals surface area (Å²) in [6.45, 7) is 11.2. The van der Waals surface area contributed by atoms with Crippen LogP contribution in [-0.2, 0) is 4.12 Å². The Morgan fingerprint density at radius 2 is 1.33 bits per heavy atom. The average molecular weight is 274 g/mol. The maximum absolute atomic E-state index is 5.89. The quantitative estimate of drug-likeness (QED) is 0.427. The zero-order valence-corrected chi connectivity index (χ0v) is 10.9. The van der Waals surface area contributed by atoms with Gasteiger partial charge in [0.25, 0.3) is 0 Å². The van der Waals surface area contributed by atoms with Crippen LogP contribution in [0.15, 0.2) is 0 Å². The molecular formula is C5H15IOSi2. The molecule has 0 bridgehead atoms. The lowest BCUT2D eigenvalue weighted by atomic mass is 11.8. The molecule has 56 valence electrons. The van der Waals surface area contributed by atoms with Crippen LogP contribution in [0.4, 0.5) is 0 Å². The van der Waals surface area contributed by atoms with Crippen LogP contribution in [0.5, 0.6) is 0 Å². The monoisotopic (exact) mass is 274 g/mol. The fourth-order valence-corrected chi connectivity index (χ4v) is 12.5. The molecule has 0 unspecified atom stereocenters. The van der Waals surface area contributed by atoms with Crippen molar-refractivity contribution in [3.05, 3.63) is 0 Å². The Kier molecular flexibility index (Phi) is 3.40. The third-order valence-electron chi connectivity index (χ3n) is 0.549. The van der Waals surface area contributed by atoms with E-state index < -0.39 is 14.1 Å². The molecule has 0 atom stereocenters. The first-order chi connectivity index (χ1) is 3.71. The lowest BCUT2D eigenvalue weighted by Crippen LogP contribution is -2.37. The molecule has 0 aliphatic heterocycles. The molecule has 0 aliphatic carbocycles. The van der Waals surface area contributed by atoms with Gasteiger partial charge in [0, 0.05) is 0 Å². The van der Waals surface area contributed by atoms with Gasteiger partial charge >= 0.3 is 0 Å². The smallest absolute Gasteiger partial charge is 0.242 e. The van der Waals surface area contributed by atoms with Gasteiger partial charge in [-0.25, -0.2) is 0 Å². The van der Waals surface area contributed by atoms with Crippen molar-refractivity contribution in [2.24, 2.45) is 0 Å². The third kappa shape index (κ3) is 9.12. The van der Waals surface area contributed by atoms with Gasteiger partial charge in [-0.1, -0.05) is 21.8 Å². The second kappa shape index (κ2) is 3.02. The fraction of sp³-hybridized carbons (Fsp3) is 1.00. The molecule has 0 saturated heterocycles. The molecule has 4 heteroatoms. The number of hydrogen-bond acceptors (Lipinski definition) is 1. The highest BCUT2D eigenvalue weighted by atomic mass is 127. The topological polar surface area (TPSA) is 9.23 Å². The summed E-state index contributed by atoms with van der Waals surface area (Å²) in [4.78, 5) is 0. The molecule has 0 radical (unpaired) electrons. The van der Waals surface area contributed by atoms with Crippen molar-refractivity contribution in [2.45, 2.75) is 32.7 Å². The maximum atomic E-state index is 5.89. The van der Waals surface area contributed by atoms with Gasteiger partial charge < -0.3 is 4.12 Å². The van der Waals surface area contributed by atoms with E-state index in [2.05, 4.69) is 54.5 Å². The molecule has 0 fully saturated rings. The van der Waals surface area contributed by atoms with Gasteiger partial charge in [0.2, 0.25) is 5.81 Å². The largest absolute Gasteiger partial charge is 0.449 e. The van der Waals surface area contributed by atoms with Crippen molar-refractivity contribution < 1.29 is 4.12 Å². The first-order valence-corrected chi connectivity index (χ1v) is 12.5. The molecule has 1 nitrogen and oxygen atoms in total. The Labute approximate surface area is 72.7 Å². The van der Waals surface area contributed by atoms with Crippen molar-refractivity contribution in [1.29, 1.82) is 0 Å². The third-order valence-corrected chi connectivity index (χ3v) is 6.92. The predicted octanol–water partition coefficient (Wildman–Crippen LogP) is 2.97. The van der Waals surface area contributed by atoms with Crippen LogP contribution in [-0.4, -0.2) is 14.1 Å². The Hall–Kier alpha value is 1.12. The molecule has 9 heavy (non-hydrogen) atoms. The van der Waals surface area contributed by atoms with E-state index >= 15 is 0 Å². The van der Waals surface area contributed by atoms with E-state index in [0.717, 1.165) is 0 Å². The van der Waals surface area contributed by atoms with Gasteiger partial charge in [-0.3, -0.25) is 0 Å². The number of hydrogen-bond donors (Lipinski definition) is 0. The van der Waals surface area contributed by atoms with Crippen molar-refractivity contribution in [3.63, 3.8) is 0 Å². The highest BCUT2D eigenvalue weighted by Crippen LogP contribution is 2.19. The standard InChI is InChI=1S/C5H15IOSi2/c1-8(2,3)7-9(4,5)6/h1-5H3. The second-order valence-corrected chi connectivity index (χ2v) is 19.1. The van der Waals surface area contributed by atoms with E-state index in [1.54, 1.807) is 0 Å². The molecule has 0 aliphatic rings. The zero-order valence-electron chi connectivity index (χ0n) is 6.79. The van der Waals surface area contributed by atoms with Crippen molar-refractivity contribution in [2.75, 3.05) is 0 Å². The van der Waals surface area contributed by atoms with Gasteiger partial charge in [0.05, 0.1) is 0 Å². The maximum Gasteiger partial charge on any atom is 0.242 e. The SMILES string of the molecule is C[Si](C)(C)O[Si](C)(C)I. The molecule has 0 spiro atoms. The Morgan fingerprint density at radius 1 is 1.00 bits per heavy atom. The van der Waals surface area contributed by atoms with Crippen LogP contribution in [0.1, 0.15) is 0 Å². The van der Waals surface area contributed by atoms with Gasteiger partial charge in [-0.2, -0.15) is 0 Å². The zero-order chi connectivity index (χ0) is 7.71. The van der Waals surface area contributed by atoms with Crippen molar-refractivity contribution >= 4 is 35.9 Å². The van der Waals surface area contributed by atoms with Crippen molar-refractivity contribution in [1.82, 2.24) is 0 Å². The molecule has 0 aromatic rings. The summed E-state index contributed by atoms with van der Waals surface area (Å²) in [5, 5.41) is 0. The van der Waals surface area contributed by atoms with E-state index in [-0.39, 0.29) is 0 Å². The number of rotatable bonds is 2. The van der Waals surface area contributed by atoms with Crippen LogP contribution in [0.25, 0.3) is 0 Å². The molecule has 0 saturated carbocycles. The van der Waals surface area contributed by atoms with E-state index in [9.17, 15) is 0 Å². The molecule has 0 rings (SSSR count). The fourth-order valence-electron chi connectivity index (χ4n) is 0.728. The Balaban J connectivity index is 3.75. The minimum Gasteiger partial charge on any atom is -0.449 e. The minimum atomic E-state index is -1.26. The van der Waals surface area contributed by atoms with E-state index in [1.807, 2.05) is 0 Å². The summed E-state index contributed by atoms with van der Waals surface area (Å²) < 4.78 is 5.89. The summed E-state index contributed by atoms with van der Waals surface area (Å²) in [5.74, 6) is -1.26. The second-order valence-electron chi connectivity index (χ2n) is 3.58. The lowest BCUT2D eigenvalue weighted by molar-refractivity contribution is 0.579. The summed E-state index contributed by atoms with van der Waals surface area (Å²) >= 11 is 2.45. The average Bonchev–Trinajstić information content (AvgIpc) is 1.14. The van der Waals surface area contributed by atoms with Gasteiger partial charge in [-0.05, 0) is 32.7 Å². The first-order valence-electron chi connectivity index (χ1n) is 3.10. The molecule has 0 N–H and O–H groups in total. The molecule has 0 aromatic heterocycles. The molecule has 0 amide bonds. The Morgan fingerprint density at radius 3 is 1.33 bits per heavy atom. The summed E-state index contributed by atoms with van der Waals surface area (Å²) in [6.07, 6.45) is 0. The van der Waals surface area contributed by atoms with Gasteiger partial charge in [0.15, 0.2) is 8.32 Å². The van der Waals surface area contributed by atoms with Crippen LogP contribution in [0, 0.1) is 0 Å². The van der Waals surface area contributed by atoms with Crippen molar-refractivity contribution in [3.8, 4) is 0 Å². The molecular weight excluding hydrogens is 259 g/mol. The number of halogens is 1. The molecule has 0 heterocycles. The summed E-state index contributed by atoms with van der Waals surface area (Å²) in [7, 11) is -1.24. The highest BCUT2D eigenvalue weighted by molar-refractivity contribution is 14.1. The predicted molar refractivity (Wildman–Crippen MR) is 55.9 cm³/mol. The van der Waals surface area contributed by atoms with Crippen LogP contribution in [0.2, 0.25) is 32.7 Å². The normalized spacial score (nSPS) is 14.0. The highest BCUT2D eigenvalue weighted by Gasteiger charge is 2.26.